The molecule has 10 nitrogen and oxygen atoms in total. The molecule has 0 aromatic heterocycles. The minimum atomic E-state index is -4.79. The van der Waals surface area contributed by atoms with Crippen LogP contribution in [0, 0.1) is 10.1 Å². The number of carbonyl (C=O) groups excluding carboxylic acids is 2. The second-order valence-electron chi connectivity index (χ2n) is 7.22. The lowest BCUT2D eigenvalue weighted by molar-refractivity contribution is -0.383. The van der Waals surface area contributed by atoms with Gasteiger partial charge in [-0.05, 0) is 36.4 Å². The maximum atomic E-state index is 12.7. The van der Waals surface area contributed by atoms with Gasteiger partial charge in [0.2, 0.25) is 5.91 Å². The fourth-order valence-corrected chi connectivity index (χ4v) is 3.27. The third-order valence-electron chi connectivity index (χ3n) is 4.87. The zero-order chi connectivity index (χ0) is 24.2. The summed E-state index contributed by atoms with van der Waals surface area (Å²) in [6, 6.07) is 8.65. The van der Waals surface area contributed by atoms with E-state index in [1.54, 1.807) is 0 Å². The predicted octanol–water partition coefficient (Wildman–Crippen LogP) is 2.47. The Morgan fingerprint density at radius 2 is 1.73 bits per heavy atom. The summed E-state index contributed by atoms with van der Waals surface area (Å²) in [6.45, 7) is 1.45. The van der Waals surface area contributed by atoms with Crippen LogP contribution in [0.5, 0.6) is 5.75 Å². The number of ether oxygens (including phenoxy) is 1. The number of nitro benzene ring substituents is 1. The van der Waals surface area contributed by atoms with E-state index in [4.69, 9.17) is 5.73 Å². The van der Waals surface area contributed by atoms with Gasteiger partial charge >= 0.3 is 6.36 Å². The highest BCUT2D eigenvalue weighted by atomic mass is 19.4. The summed E-state index contributed by atoms with van der Waals surface area (Å²) in [7, 11) is 0. The van der Waals surface area contributed by atoms with Crippen molar-refractivity contribution in [3.05, 3.63) is 58.1 Å². The molecule has 0 atom stereocenters. The summed E-state index contributed by atoms with van der Waals surface area (Å²) in [6.07, 6.45) is -4.79. The van der Waals surface area contributed by atoms with Crippen molar-refractivity contribution in [2.24, 2.45) is 0 Å². The Hall–Kier alpha value is -3.87. The van der Waals surface area contributed by atoms with E-state index < -0.39 is 17.0 Å². The molecule has 1 heterocycles. The molecule has 2 aromatic carbocycles. The Balaban J connectivity index is 1.49. The number of rotatable bonds is 6. The van der Waals surface area contributed by atoms with Gasteiger partial charge in [0.1, 0.15) is 11.4 Å². The van der Waals surface area contributed by atoms with Crippen LogP contribution in [0.25, 0.3) is 0 Å². The SMILES string of the molecule is Nc1ccc(C(=O)N2CCN(CC(=O)Nc3ccc(OC(F)(F)F)cc3)CC2)cc1[N+](=O)[O-]. The van der Waals surface area contributed by atoms with Crippen molar-refractivity contribution in [3.63, 3.8) is 0 Å². The van der Waals surface area contributed by atoms with Gasteiger partial charge in [0, 0.05) is 43.5 Å². The Morgan fingerprint density at radius 1 is 1.09 bits per heavy atom. The number of amides is 2. The second-order valence-corrected chi connectivity index (χ2v) is 7.22. The minimum absolute atomic E-state index is 0.0240. The van der Waals surface area contributed by atoms with Gasteiger partial charge < -0.3 is 20.7 Å². The van der Waals surface area contributed by atoms with Crippen LogP contribution in [0.4, 0.5) is 30.2 Å². The highest BCUT2D eigenvalue weighted by Crippen LogP contribution is 2.25. The number of hydrogen-bond acceptors (Lipinski definition) is 7. The normalized spacial score (nSPS) is 14.6. The van der Waals surface area contributed by atoms with Crippen LogP contribution in [0.3, 0.4) is 0 Å². The Kier molecular flexibility index (Phi) is 7.01. The highest BCUT2D eigenvalue weighted by molar-refractivity contribution is 5.96. The zero-order valence-electron chi connectivity index (χ0n) is 17.2. The van der Waals surface area contributed by atoms with Crippen LogP contribution in [0.2, 0.25) is 0 Å². The monoisotopic (exact) mass is 467 g/mol. The molecule has 0 unspecified atom stereocenters. The van der Waals surface area contributed by atoms with Gasteiger partial charge in [-0.15, -0.1) is 13.2 Å². The number of carbonyl (C=O) groups is 2. The number of nitrogens with one attached hydrogen (secondary N) is 1. The number of nitrogens with two attached hydrogens (primary N) is 1. The maximum absolute atomic E-state index is 12.7. The lowest BCUT2D eigenvalue weighted by Gasteiger charge is -2.34. The van der Waals surface area contributed by atoms with Gasteiger partial charge in [0.25, 0.3) is 11.6 Å². The Bertz CT molecular complexity index is 1040. The van der Waals surface area contributed by atoms with Gasteiger partial charge in [-0.2, -0.15) is 0 Å². The first kappa shape index (κ1) is 23.8. The topological polar surface area (TPSA) is 131 Å². The third kappa shape index (κ3) is 6.55. The molecule has 1 saturated heterocycles. The van der Waals surface area contributed by atoms with Gasteiger partial charge in [-0.1, -0.05) is 0 Å². The van der Waals surface area contributed by atoms with Crippen LogP contribution >= 0.6 is 0 Å². The standard InChI is InChI=1S/C20H20F3N5O5/c21-20(22,23)33-15-4-2-14(3-5-15)25-18(29)12-26-7-9-27(10-8-26)19(30)13-1-6-16(24)17(11-13)28(31)32/h1-6,11H,7-10,12,24H2,(H,25,29). The molecule has 13 heteroatoms. The fourth-order valence-electron chi connectivity index (χ4n) is 3.27. The number of nitrogens with zero attached hydrogens (tertiary/aromatic N) is 3. The first-order chi connectivity index (χ1) is 15.5. The average Bonchev–Trinajstić information content (AvgIpc) is 2.74. The number of benzene rings is 2. The molecule has 3 rings (SSSR count). The van der Waals surface area contributed by atoms with Gasteiger partial charge in [0.05, 0.1) is 11.5 Å². The molecule has 2 amide bonds. The summed E-state index contributed by atoms with van der Waals surface area (Å²) < 4.78 is 40.4. The summed E-state index contributed by atoms with van der Waals surface area (Å²) in [4.78, 5) is 38.6. The van der Waals surface area contributed by atoms with E-state index >= 15 is 0 Å². The first-order valence-corrected chi connectivity index (χ1v) is 9.73. The molecule has 3 N–H and O–H groups in total. The molecule has 0 aliphatic carbocycles. The minimum Gasteiger partial charge on any atom is -0.406 e. The highest BCUT2D eigenvalue weighted by Gasteiger charge is 2.31. The number of hydrogen-bond donors (Lipinski definition) is 2. The number of piperazine rings is 1. The van der Waals surface area contributed by atoms with Crippen LogP contribution in [-0.4, -0.2) is 65.6 Å². The van der Waals surface area contributed by atoms with Gasteiger partial charge in [-0.25, -0.2) is 0 Å². The van der Waals surface area contributed by atoms with Crippen LogP contribution in [0.1, 0.15) is 10.4 Å². The van der Waals surface area contributed by atoms with Gasteiger partial charge in [0.15, 0.2) is 0 Å². The van der Waals surface area contributed by atoms with Crippen molar-refractivity contribution in [2.75, 3.05) is 43.8 Å². The van der Waals surface area contributed by atoms with Crippen LogP contribution in [-0.2, 0) is 4.79 Å². The summed E-state index contributed by atoms with van der Waals surface area (Å²) in [5.41, 5.74) is 5.65. The molecule has 0 radical (unpaired) electrons. The van der Waals surface area contributed by atoms with E-state index in [1.165, 1.54) is 29.2 Å². The van der Waals surface area contributed by atoms with Crippen molar-refractivity contribution in [2.45, 2.75) is 6.36 Å². The number of alkyl halides is 3. The van der Waals surface area contributed by atoms with Gasteiger partial charge in [-0.3, -0.25) is 24.6 Å². The molecule has 1 aliphatic rings. The van der Waals surface area contributed by atoms with Crippen LogP contribution in [0.15, 0.2) is 42.5 Å². The molecule has 2 aromatic rings. The quantitative estimate of drug-likeness (QED) is 0.379. The third-order valence-corrected chi connectivity index (χ3v) is 4.87. The summed E-state index contributed by atoms with van der Waals surface area (Å²) in [5.74, 6) is -1.13. The molecule has 0 saturated carbocycles. The molecular formula is C20H20F3N5O5. The molecule has 33 heavy (non-hydrogen) atoms. The number of anilines is 2. The number of nitrogen functional groups attached to an aromatic ring is 1. The maximum Gasteiger partial charge on any atom is 0.573 e. The molecule has 1 fully saturated rings. The van der Waals surface area contributed by atoms with Crippen molar-refractivity contribution in [1.82, 2.24) is 9.80 Å². The average molecular weight is 467 g/mol. The van der Waals surface area contributed by atoms with E-state index in [2.05, 4.69) is 10.1 Å². The zero-order valence-corrected chi connectivity index (χ0v) is 17.2. The summed E-state index contributed by atoms with van der Waals surface area (Å²) >= 11 is 0. The van der Waals surface area contributed by atoms with Crippen molar-refractivity contribution in [3.8, 4) is 5.75 Å². The van der Waals surface area contributed by atoms with E-state index in [1.807, 2.05) is 4.90 Å². The first-order valence-electron chi connectivity index (χ1n) is 9.73. The Morgan fingerprint density at radius 3 is 2.30 bits per heavy atom. The van der Waals surface area contributed by atoms with Crippen molar-refractivity contribution >= 4 is 28.9 Å². The van der Waals surface area contributed by atoms with E-state index in [0.29, 0.717) is 31.9 Å². The predicted molar refractivity (Wildman–Crippen MR) is 112 cm³/mol. The van der Waals surface area contributed by atoms with E-state index in [9.17, 15) is 32.9 Å². The lowest BCUT2D eigenvalue weighted by atomic mass is 10.1. The van der Waals surface area contributed by atoms with E-state index in [0.717, 1.165) is 18.2 Å². The van der Waals surface area contributed by atoms with E-state index in [-0.39, 0.29) is 35.3 Å². The summed E-state index contributed by atoms with van der Waals surface area (Å²) in [5, 5.41) is 13.6. The molecule has 0 spiro atoms. The number of nitro groups is 1. The lowest BCUT2D eigenvalue weighted by Crippen LogP contribution is -2.50. The Labute approximate surface area is 185 Å². The molecule has 0 bridgehead atoms. The molecule has 176 valence electrons. The smallest absolute Gasteiger partial charge is 0.406 e. The second kappa shape index (κ2) is 9.73. The van der Waals surface area contributed by atoms with Crippen molar-refractivity contribution in [1.29, 1.82) is 0 Å². The fraction of sp³-hybridized carbons (Fsp3) is 0.300. The van der Waals surface area contributed by atoms with Crippen molar-refractivity contribution < 1.29 is 32.4 Å². The van der Waals surface area contributed by atoms with Crippen LogP contribution < -0.4 is 15.8 Å². The number of halogens is 3. The molecule has 1 aliphatic heterocycles. The molecular weight excluding hydrogens is 447 g/mol. The largest absolute Gasteiger partial charge is 0.573 e.